The lowest BCUT2D eigenvalue weighted by Crippen LogP contribution is -2.12. The van der Waals surface area contributed by atoms with Crippen molar-refractivity contribution in [1.82, 2.24) is 4.98 Å². The molecule has 0 radical (unpaired) electrons. The summed E-state index contributed by atoms with van der Waals surface area (Å²) in [6, 6.07) is 16.5. The Morgan fingerprint density at radius 2 is 1.74 bits per heavy atom. The maximum Gasteiger partial charge on any atom is 0.255 e. The predicted molar refractivity (Wildman–Crippen MR) is 106 cm³/mol. The van der Waals surface area contributed by atoms with Crippen molar-refractivity contribution in [1.29, 1.82) is 0 Å². The van der Waals surface area contributed by atoms with Gasteiger partial charge in [-0.2, -0.15) is 0 Å². The minimum atomic E-state index is -0.172. The monoisotopic (exact) mass is 363 g/mol. The van der Waals surface area contributed by atoms with Crippen LogP contribution in [-0.2, 0) is 0 Å². The molecule has 0 aliphatic rings. The molecule has 2 N–H and O–H groups in total. The molecular formula is C21H21N3O3. The molecule has 1 amide bonds. The third kappa shape index (κ3) is 4.55. The van der Waals surface area contributed by atoms with Gasteiger partial charge in [0.1, 0.15) is 17.3 Å². The maximum atomic E-state index is 12.3. The van der Waals surface area contributed by atoms with E-state index in [1.54, 1.807) is 50.7 Å². The molecule has 0 aliphatic carbocycles. The first kappa shape index (κ1) is 18.3. The molecule has 1 heterocycles. The minimum absolute atomic E-state index is 0.172. The van der Waals surface area contributed by atoms with Crippen LogP contribution < -0.4 is 20.1 Å². The topological polar surface area (TPSA) is 72.5 Å². The molecule has 1 aromatic heterocycles. The van der Waals surface area contributed by atoms with Crippen molar-refractivity contribution >= 4 is 23.1 Å². The van der Waals surface area contributed by atoms with E-state index >= 15 is 0 Å². The Kier molecular flexibility index (Phi) is 5.56. The van der Waals surface area contributed by atoms with Crippen molar-refractivity contribution in [3.05, 3.63) is 71.9 Å². The molecular weight excluding hydrogens is 342 g/mol. The van der Waals surface area contributed by atoms with Crippen LogP contribution in [0.5, 0.6) is 11.5 Å². The standard InChI is InChI=1S/C21H21N3O3/c1-14-4-6-15(7-5-14)21(25)23-16-8-11-20(22-13-16)24-18-10-9-17(26-2)12-19(18)27-3/h4-13H,1-3H3,(H,22,24)(H,23,25). The van der Waals surface area contributed by atoms with E-state index in [2.05, 4.69) is 15.6 Å². The van der Waals surface area contributed by atoms with Crippen LogP contribution >= 0.6 is 0 Å². The highest BCUT2D eigenvalue weighted by atomic mass is 16.5. The van der Waals surface area contributed by atoms with E-state index in [4.69, 9.17) is 9.47 Å². The molecule has 0 spiro atoms. The van der Waals surface area contributed by atoms with Crippen molar-refractivity contribution in [3.8, 4) is 11.5 Å². The van der Waals surface area contributed by atoms with Crippen molar-refractivity contribution in [2.24, 2.45) is 0 Å². The van der Waals surface area contributed by atoms with Gasteiger partial charge in [0.2, 0.25) is 0 Å². The van der Waals surface area contributed by atoms with Gasteiger partial charge in [-0.25, -0.2) is 4.98 Å². The fraction of sp³-hybridized carbons (Fsp3) is 0.143. The smallest absolute Gasteiger partial charge is 0.255 e. The summed E-state index contributed by atoms with van der Waals surface area (Å²) in [6.07, 6.45) is 1.60. The first-order chi connectivity index (χ1) is 13.1. The van der Waals surface area contributed by atoms with Crippen LogP contribution in [0.4, 0.5) is 17.2 Å². The van der Waals surface area contributed by atoms with Crippen LogP contribution in [0.2, 0.25) is 0 Å². The van der Waals surface area contributed by atoms with Gasteiger partial charge in [-0.05, 0) is 43.3 Å². The highest BCUT2D eigenvalue weighted by Crippen LogP contribution is 2.31. The van der Waals surface area contributed by atoms with Gasteiger partial charge in [-0.15, -0.1) is 0 Å². The second-order valence-electron chi connectivity index (χ2n) is 5.94. The largest absolute Gasteiger partial charge is 0.497 e. The Hall–Kier alpha value is -3.54. The van der Waals surface area contributed by atoms with E-state index in [1.807, 2.05) is 31.2 Å². The summed E-state index contributed by atoms with van der Waals surface area (Å²) in [6.45, 7) is 1.98. The molecule has 0 fully saturated rings. The number of nitrogens with one attached hydrogen (secondary N) is 2. The van der Waals surface area contributed by atoms with Crippen LogP contribution in [0.1, 0.15) is 15.9 Å². The van der Waals surface area contributed by atoms with E-state index in [0.29, 0.717) is 28.6 Å². The number of hydrogen-bond donors (Lipinski definition) is 2. The first-order valence-electron chi connectivity index (χ1n) is 8.42. The lowest BCUT2D eigenvalue weighted by Gasteiger charge is -2.12. The van der Waals surface area contributed by atoms with Crippen LogP contribution in [-0.4, -0.2) is 25.1 Å². The number of amides is 1. The molecule has 2 aromatic carbocycles. The van der Waals surface area contributed by atoms with Gasteiger partial charge in [0.15, 0.2) is 0 Å². The number of pyridine rings is 1. The van der Waals surface area contributed by atoms with E-state index in [0.717, 1.165) is 11.3 Å². The average Bonchev–Trinajstić information content (AvgIpc) is 2.70. The molecule has 6 heteroatoms. The number of anilines is 3. The van der Waals surface area contributed by atoms with Crippen molar-refractivity contribution in [3.63, 3.8) is 0 Å². The fourth-order valence-electron chi connectivity index (χ4n) is 2.49. The number of ether oxygens (including phenoxy) is 2. The zero-order chi connectivity index (χ0) is 19.2. The molecule has 0 aliphatic heterocycles. The quantitative estimate of drug-likeness (QED) is 0.679. The zero-order valence-corrected chi connectivity index (χ0v) is 15.4. The number of carbonyl (C=O) groups is 1. The average molecular weight is 363 g/mol. The van der Waals surface area contributed by atoms with Crippen LogP contribution in [0, 0.1) is 6.92 Å². The highest BCUT2D eigenvalue weighted by molar-refractivity contribution is 6.04. The summed E-state index contributed by atoms with van der Waals surface area (Å²) in [5.41, 5.74) is 3.10. The number of hydrogen-bond acceptors (Lipinski definition) is 5. The Balaban J connectivity index is 1.68. The van der Waals surface area contributed by atoms with E-state index in [9.17, 15) is 4.79 Å². The summed E-state index contributed by atoms with van der Waals surface area (Å²) in [5, 5.41) is 6.02. The lowest BCUT2D eigenvalue weighted by molar-refractivity contribution is 0.102. The predicted octanol–water partition coefficient (Wildman–Crippen LogP) is 4.40. The van der Waals surface area contributed by atoms with Gasteiger partial charge < -0.3 is 20.1 Å². The summed E-state index contributed by atoms with van der Waals surface area (Å²) < 4.78 is 10.6. The van der Waals surface area contributed by atoms with Gasteiger partial charge in [0.25, 0.3) is 5.91 Å². The second kappa shape index (κ2) is 8.23. The Labute approximate surface area is 158 Å². The van der Waals surface area contributed by atoms with Crippen molar-refractivity contribution in [2.45, 2.75) is 6.92 Å². The van der Waals surface area contributed by atoms with Crippen molar-refractivity contribution < 1.29 is 14.3 Å². The summed E-state index contributed by atoms with van der Waals surface area (Å²) in [4.78, 5) is 16.6. The zero-order valence-electron chi connectivity index (χ0n) is 15.4. The third-order valence-electron chi connectivity index (χ3n) is 4.01. The number of methoxy groups -OCH3 is 2. The molecule has 0 atom stereocenters. The maximum absolute atomic E-state index is 12.3. The molecule has 0 saturated carbocycles. The molecule has 0 unspecified atom stereocenters. The lowest BCUT2D eigenvalue weighted by atomic mass is 10.1. The molecule has 0 bridgehead atoms. The Morgan fingerprint density at radius 3 is 2.37 bits per heavy atom. The molecule has 138 valence electrons. The summed E-state index contributed by atoms with van der Waals surface area (Å²) in [5.74, 6) is 1.81. The SMILES string of the molecule is COc1ccc(Nc2ccc(NC(=O)c3ccc(C)cc3)cn2)c(OC)c1. The van der Waals surface area contributed by atoms with E-state index in [-0.39, 0.29) is 5.91 Å². The Bertz CT molecular complexity index is 922. The Morgan fingerprint density at radius 1 is 0.963 bits per heavy atom. The van der Waals surface area contributed by atoms with Crippen LogP contribution in [0.3, 0.4) is 0 Å². The normalized spacial score (nSPS) is 10.2. The number of aromatic nitrogens is 1. The first-order valence-corrected chi connectivity index (χ1v) is 8.42. The summed E-state index contributed by atoms with van der Waals surface area (Å²) in [7, 11) is 3.20. The van der Waals surface area contributed by atoms with Gasteiger partial charge in [-0.1, -0.05) is 17.7 Å². The number of rotatable bonds is 6. The number of aryl methyl sites for hydroxylation is 1. The van der Waals surface area contributed by atoms with E-state index in [1.165, 1.54) is 0 Å². The third-order valence-corrected chi connectivity index (χ3v) is 4.01. The van der Waals surface area contributed by atoms with E-state index < -0.39 is 0 Å². The second-order valence-corrected chi connectivity index (χ2v) is 5.94. The van der Waals surface area contributed by atoms with Crippen molar-refractivity contribution in [2.75, 3.05) is 24.9 Å². The molecule has 0 saturated heterocycles. The van der Waals surface area contributed by atoms with Gasteiger partial charge >= 0.3 is 0 Å². The summed E-state index contributed by atoms with van der Waals surface area (Å²) >= 11 is 0. The number of benzene rings is 2. The van der Waals surface area contributed by atoms with Crippen LogP contribution in [0.15, 0.2) is 60.8 Å². The van der Waals surface area contributed by atoms with Crippen LogP contribution in [0.25, 0.3) is 0 Å². The molecule has 27 heavy (non-hydrogen) atoms. The molecule has 6 nitrogen and oxygen atoms in total. The molecule has 3 rings (SSSR count). The van der Waals surface area contributed by atoms with Gasteiger partial charge in [0, 0.05) is 11.6 Å². The highest BCUT2D eigenvalue weighted by Gasteiger charge is 2.08. The number of nitrogens with zero attached hydrogens (tertiary/aromatic N) is 1. The van der Waals surface area contributed by atoms with Gasteiger partial charge in [-0.3, -0.25) is 4.79 Å². The van der Waals surface area contributed by atoms with Gasteiger partial charge in [0.05, 0.1) is 31.8 Å². The number of carbonyl (C=O) groups excluding carboxylic acids is 1. The fourth-order valence-corrected chi connectivity index (χ4v) is 2.49. The molecule has 3 aromatic rings. The minimum Gasteiger partial charge on any atom is -0.497 e.